The molecule has 0 heterocycles. The van der Waals surface area contributed by atoms with Gasteiger partial charge < -0.3 is 9.84 Å². The zero-order valence-electron chi connectivity index (χ0n) is 11.9. The van der Waals surface area contributed by atoms with Gasteiger partial charge in [-0.25, -0.2) is 4.39 Å². The first-order valence-corrected chi connectivity index (χ1v) is 8.04. The monoisotopic (exact) mass is 344 g/mol. The number of ether oxygens (including phenoxy) is 1. The third kappa shape index (κ3) is 3.60. The van der Waals surface area contributed by atoms with E-state index in [9.17, 15) is 9.50 Å². The van der Waals surface area contributed by atoms with Gasteiger partial charge in [-0.15, -0.1) is 0 Å². The Bertz CT molecular complexity index is 442. The van der Waals surface area contributed by atoms with E-state index in [1.165, 1.54) is 25.0 Å². The number of hydrogen-bond acceptors (Lipinski definition) is 2. The molecule has 2 nitrogen and oxygen atoms in total. The Kier molecular flexibility index (Phi) is 5.58. The third-order valence-corrected chi connectivity index (χ3v) is 5.16. The van der Waals surface area contributed by atoms with Crippen LogP contribution in [0, 0.1) is 5.82 Å². The summed E-state index contributed by atoms with van der Waals surface area (Å²) in [5.74, 6) is -0.275. The van der Waals surface area contributed by atoms with Crippen LogP contribution >= 0.6 is 15.9 Å². The first-order valence-electron chi connectivity index (χ1n) is 7.24. The highest BCUT2D eigenvalue weighted by Gasteiger charge is 2.38. The Labute approximate surface area is 128 Å². The number of hydrogen-bond donors (Lipinski definition) is 1. The maximum atomic E-state index is 13.3. The zero-order valence-corrected chi connectivity index (χ0v) is 13.5. The Morgan fingerprint density at radius 2 is 1.95 bits per heavy atom. The molecule has 0 bridgehead atoms. The van der Waals surface area contributed by atoms with Crippen LogP contribution in [0.25, 0.3) is 0 Å². The lowest BCUT2D eigenvalue weighted by Gasteiger charge is -2.36. The maximum Gasteiger partial charge on any atom is 0.123 e. The van der Waals surface area contributed by atoms with E-state index in [4.69, 9.17) is 4.74 Å². The number of aliphatic hydroxyl groups excluding tert-OH is 1. The normalized spacial score (nSPS) is 20.4. The zero-order chi connectivity index (χ0) is 14.6. The fourth-order valence-electron chi connectivity index (χ4n) is 3.09. The van der Waals surface area contributed by atoms with Crippen molar-refractivity contribution in [3.63, 3.8) is 0 Å². The third-order valence-electron chi connectivity index (χ3n) is 4.38. The molecule has 0 aliphatic heterocycles. The number of halogens is 2. The van der Waals surface area contributed by atoms with Crippen LogP contribution in [0.1, 0.15) is 44.1 Å². The summed E-state index contributed by atoms with van der Waals surface area (Å²) in [5.41, 5.74) is 0.306. The molecule has 0 spiro atoms. The van der Waals surface area contributed by atoms with E-state index in [2.05, 4.69) is 15.9 Å². The number of benzene rings is 1. The van der Waals surface area contributed by atoms with Crippen LogP contribution in [0.15, 0.2) is 22.7 Å². The molecular weight excluding hydrogens is 323 g/mol. The van der Waals surface area contributed by atoms with Gasteiger partial charge in [0.05, 0.1) is 11.7 Å². The first kappa shape index (κ1) is 15.9. The number of rotatable bonds is 4. The molecule has 1 fully saturated rings. The lowest BCUT2D eigenvalue weighted by molar-refractivity contribution is -0.111. The smallest absolute Gasteiger partial charge is 0.123 e. The van der Waals surface area contributed by atoms with Crippen LogP contribution in [0.3, 0.4) is 0 Å². The maximum absolute atomic E-state index is 13.3. The summed E-state index contributed by atoms with van der Waals surface area (Å²) in [4.78, 5) is 0. The molecule has 0 saturated heterocycles. The van der Waals surface area contributed by atoms with Crippen LogP contribution in [-0.4, -0.2) is 23.9 Å². The Morgan fingerprint density at radius 1 is 1.30 bits per heavy atom. The second kappa shape index (κ2) is 7.01. The predicted octanol–water partition coefficient (Wildman–Crippen LogP) is 4.23. The Balaban J connectivity index is 2.16. The lowest BCUT2D eigenvalue weighted by atomic mass is 9.85. The minimum Gasteiger partial charge on any atom is -0.390 e. The van der Waals surface area contributed by atoms with Gasteiger partial charge in [0.25, 0.3) is 0 Å². The molecule has 1 aliphatic rings. The van der Waals surface area contributed by atoms with E-state index < -0.39 is 11.7 Å². The molecule has 20 heavy (non-hydrogen) atoms. The van der Waals surface area contributed by atoms with Crippen LogP contribution < -0.4 is 0 Å². The van der Waals surface area contributed by atoms with Crippen LogP contribution in [-0.2, 0) is 11.2 Å². The summed E-state index contributed by atoms with van der Waals surface area (Å²) in [5, 5.41) is 10.6. The van der Waals surface area contributed by atoms with Crippen molar-refractivity contribution in [2.24, 2.45) is 0 Å². The fourth-order valence-corrected chi connectivity index (χ4v) is 3.50. The molecule has 0 radical (unpaired) electrons. The summed E-state index contributed by atoms with van der Waals surface area (Å²) in [6.07, 6.45) is 6.10. The average molecular weight is 345 g/mol. The molecule has 0 aromatic heterocycles. The molecule has 1 aromatic rings. The van der Waals surface area contributed by atoms with E-state index in [0.29, 0.717) is 6.42 Å². The molecular formula is C16H22BrFO2. The van der Waals surface area contributed by atoms with Crippen LogP contribution in [0.2, 0.25) is 0 Å². The fraction of sp³-hybridized carbons (Fsp3) is 0.625. The molecule has 1 aliphatic carbocycles. The highest BCUT2D eigenvalue weighted by atomic mass is 79.9. The highest BCUT2D eigenvalue weighted by Crippen LogP contribution is 2.35. The highest BCUT2D eigenvalue weighted by molar-refractivity contribution is 9.10. The van der Waals surface area contributed by atoms with Gasteiger partial charge in [0, 0.05) is 18.0 Å². The van der Waals surface area contributed by atoms with Crippen LogP contribution in [0.4, 0.5) is 4.39 Å². The predicted molar refractivity (Wildman–Crippen MR) is 81.3 cm³/mol. The van der Waals surface area contributed by atoms with Crippen molar-refractivity contribution in [2.75, 3.05) is 7.11 Å². The van der Waals surface area contributed by atoms with Crippen molar-refractivity contribution in [1.29, 1.82) is 0 Å². The van der Waals surface area contributed by atoms with Crippen molar-refractivity contribution in [2.45, 2.75) is 56.7 Å². The number of aliphatic hydroxyl groups is 1. The molecule has 1 atom stereocenters. The molecule has 1 saturated carbocycles. The molecule has 1 unspecified atom stereocenters. The molecule has 1 N–H and O–H groups in total. The lowest BCUT2D eigenvalue weighted by Crippen LogP contribution is -2.45. The largest absolute Gasteiger partial charge is 0.390 e. The van der Waals surface area contributed by atoms with E-state index in [-0.39, 0.29) is 5.82 Å². The molecule has 0 amide bonds. The second-order valence-corrected chi connectivity index (χ2v) is 6.49. The van der Waals surface area contributed by atoms with E-state index in [1.807, 2.05) is 0 Å². The number of methoxy groups -OCH3 is 1. The van der Waals surface area contributed by atoms with Gasteiger partial charge in [-0.1, -0.05) is 41.6 Å². The summed E-state index contributed by atoms with van der Waals surface area (Å²) >= 11 is 3.42. The summed E-state index contributed by atoms with van der Waals surface area (Å²) in [7, 11) is 1.68. The molecule has 4 heteroatoms. The van der Waals surface area contributed by atoms with Gasteiger partial charge in [0.15, 0.2) is 0 Å². The van der Waals surface area contributed by atoms with Gasteiger partial charge in [0.1, 0.15) is 5.82 Å². The topological polar surface area (TPSA) is 29.5 Å². The standard InChI is InChI=1S/C16H22BrFO2/c1-20-16(8-4-2-3-5-9-16)15(19)11-12-10-13(18)6-7-14(12)17/h6-7,10,15,19H,2-5,8-9,11H2,1H3. The van der Waals surface area contributed by atoms with Gasteiger partial charge in [0.2, 0.25) is 0 Å². The van der Waals surface area contributed by atoms with E-state index >= 15 is 0 Å². The second-order valence-electron chi connectivity index (χ2n) is 5.64. The van der Waals surface area contributed by atoms with E-state index in [0.717, 1.165) is 35.7 Å². The first-order chi connectivity index (χ1) is 9.57. The minimum atomic E-state index is -0.608. The Morgan fingerprint density at radius 3 is 2.55 bits per heavy atom. The minimum absolute atomic E-state index is 0.275. The average Bonchev–Trinajstić information content (AvgIpc) is 2.69. The summed E-state index contributed by atoms with van der Waals surface area (Å²) in [6.45, 7) is 0. The van der Waals surface area contributed by atoms with Crippen molar-refractivity contribution in [3.05, 3.63) is 34.1 Å². The SMILES string of the molecule is COC1(C(O)Cc2cc(F)ccc2Br)CCCCCC1. The van der Waals surface area contributed by atoms with Gasteiger partial charge in [-0.3, -0.25) is 0 Å². The van der Waals surface area contributed by atoms with Crippen LogP contribution in [0.5, 0.6) is 0 Å². The van der Waals surface area contributed by atoms with E-state index in [1.54, 1.807) is 13.2 Å². The quantitative estimate of drug-likeness (QED) is 0.828. The van der Waals surface area contributed by atoms with Crippen molar-refractivity contribution < 1.29 is 14.2 Å². The molecule has 2 rings (SSSR count). The van der Waals surface area contributed by atoms with Crippen molar-refractivity contribution >= 4 is 15.9 Å². The van der Waals surface area contributed by atoms with Crippen molar-refractivity contribution in [1.82, 2.24) is 0 Å². The van der Waals surface area contributed by atoms with Gasteiger partial charge in [-0.2, -0.15) is 0 Å². The molecule has 1 aromatic carbocycles. The summed E-state index contributed by atoms with van der Waals surface area (Å²) in [6, 6.07) is 4.58. The van der Waals surface area contributed by atoms with Gasteiger partial charge >= 0.3 is 0 Å². The molecule has 112 valence electrons. The Hall–Kier alpha value is -0.450. The van der Waals surface area contributed by atoms with Gasteiger partial charge in [-0.05, 0) is 36.6 Å². The summed E-state index contributed by atoms with van der Waals surface area (Å²) < 4.78 is 19.9. The van der Waals surface area contributed by atoms with Crippen molar-refractivity contribution in [3.8, 4) is 0 Å².